The van der Waals surface area contributed by atoms with Gasteiger partial charge < -0.3 is 5.32 Å². The fourth-order valence-corrected chi connectivity index (χ4v) is 2.36. The molecule has 1 N–H and O–H groups in total. The van der Waals surface area contributed by atoms with Crippen molar-refractivity contribution in [2.45, 2.75) is 19.3 Å². The number of carbonyl (C=O) groups is 2. The lowest BCUT2D eigenvalue weighted by Crippen LogP contribution is -2.31. The van der Waals surface area contributed by atoms with Gasteiger partial charge in [-0.25, -0.2) is 4.79 Å². The molecule has 1 aliphatic rings. The fourth-order valence-electron chi connectivity index (χ4n) is 2.04. The molecule has 0 bridgehead atoms. The number of nitrogens with zero attached hydrogens (tertiary/aromatic N) is 1. The molecule has 0 aliphatic carbocycles. The Morgan fingerprint density at radius 3 is 2.48 bits per heavy atom. The number of carbonyl (C=O) groups excluding carboxylic acids is 2. The summed E-state index contributed by atoms with van der Waals surface area (Å²) in [5, 5.41) is 3.22. The summed E-state index contributed by atoms with van der Waals surface area (Å²) in [7, 11) is 0. The van der Waals surface area contributed by atoms with Gasteiger partial charge in [0.05, 0.1) is 0 Å². The van der Waals surface area contributed by atoms with E-state index in [4.69, 9.17) is 23.2 Å². The number of urea groups is 1. The molecule has 0 saturated carbocycles. The first kappa shape index (κ1) is 15.9. The summed E-state index contributed by atoms with van der Waals surface area (Å²) >= 11 is 11.4. The molecule has 0 aromatic heterocycles. The number of alkyl halides is 1. The normalized spacial score (nSPS) is 16.7. The summed E-state index contributed by atoms with van der Waals surface area (Å²) in [4.78, 5) is 25.2. The molecule has 0 unspecified atom stereocenters. The Balaban J connectivity index is 2.01. The minimum atomic E-state index is -0.369. The Bertz CT molecular complexity index is 555. The van der Waals surface area contributed by atoms with Crippen LogP contribution in [0.3, 0.4) is 0 Å². The van der Waals surface area contributed by atoms with Crippen molar-refractivity contribution in [1.29, 1.82) is 0 Å². The fraction of sp³-hybridized carbons (Fsp3) is 0.333. The van der Waals surface area contributed by atoms with E-state index in [1.54, 1.807) is 30.3 Å². The third-order valence-corrected chi connectivity index (χ3v) is 3.68. The third-order valence-electron chi connectivity index (χ3n) is 3.16. The standard InChI is InChI=1S/C15H16Cl2N2O2/c16-8-2-1-3-9-19-14(20)13(18-15(19)21)10-11-4-6-12(17)7-5-11/h4-7,10H,1-3,8-9H2,(H,18,21). The maximum absolute atomic E-state index is 12.2. The molecule has 1 aromatic carbocycles. The van der Waals surface area contributed by atoms with Crippen LogP contribution in [0.1, 0.15) is 24.8 Å². The molecule has 21 heavy (non-hydrogen) atoms. The number of hydrogen-bond donors (Lipinski definition) is 1. The third kappa shape index (κ3) is 4.22. The molecule has 1 fully saturated rings. The van der Waals surface area contributed by atoms with Crippen LogP contribution in [0.25, 0.3) is 6.08 Å². The molecule has 6 heteroatoms. The summed E-state index contributed by atoms with van der Waals surface area (Å²) in [6.45, 7) is 0.416. The summed E-state index contributed by atoms with van der Waals surface area (Å²) < 4.78 is 0. The highest BCUT2D eigenvalue weighted by molar-refractivity contribution is 6.30. The first-order valence-corrected chi connectivity index (χ1v) is 7.69. The van der Waals surface area contributed by atoms with Crippen LogP contribution in [0.15, 0.2) is 30.0 Å². The zero-order valence-corrected chi connectivity index (χ0v) is 13.0. The van der Waals surface area contributed by atoms with Gasteiger partial charge in [0.1, 0.15) is 5.70 Å². The average molecular weight is 327 g/mol. The topological polar surface area (TPSA) is 49.4 Å². The number of benzene rings is 1. The molecule has 4 nitrogen and oxygen atoms in total. The highest BCUT2D eigenvalue weighted by Gasteiger charge is 2.32. The zero-order valence-electron chi connectivity index (χ0n) is 11.4. The van der Waals surface area contributed by atoms with Gasteiger partial charge in [-0.3, -0.25) is 9.69 Å². The Morgan fingerprint density at radius 1 is 1.10 bits per heavy atom. The van der Waals surface area contributed by atoms with Gasteiger partial charge in [0.25, 0.3) is 5.91 Å². The van der Waals surface area contributed by atoms with Gasteiger partial charge in [-0.05, 0) is 36.6 Å². The molecule has 2 rings (SSSR count). The van der Waals surface area contributed by atoms with Crippen molar-refractivity contribution < 1.29 is 9.59 Å². The number of hydrogen-bond acceptors (Lipinski definition) is 2. The summed E-state index contributed by atoms with van der Waals surface area (Å²) in [5.41, 5.74) is 1.10. The quantitative estimate of drug-likeness (QED) is 0.375. The molecule has 1 heterocycles. The molecule has 3 amide bonds. The Labute approximate surface area is 133 Å². The van der Waals surface area contributed by atoms with Crippen molar-refractivity contribution in [2.24, 2.45) is 0 Å². The van der Waals surface area contributed by atoms with E-state index in [2.05, 4.69) is 5.32 Å². The molecule has 112 valence electrons. The molecule has 1 aromatic rings. The van der Waals surface area contributed by atoms with Crippen molar-refractivity contribution in [2.75, 3.05) is 12.4 Å². The van der Waals surface area contributed by atoms with Gasteiger partial charge in [0.2, 0.25) is 0 Å². The van der Waals surface area contributed by atoms with E-state index in [1.807, 2.05) is 0 Å². The summed E-state index contributed by atoms with van der Waals surface area (Å²) in [6, 6.07) is 6.68. The lowest BCUT2D eigenvalue weighted by atomic mass is 10.2. The van der Waals surface area contributed by atoms with E-state index in [0.717, 1.165) is 24.8 Å². The van der Waals surface area contributed by atoms with Gasteiger partial charge in [0.15, 0.2) is 0 Å². The van der Waals surface area contributed by atoms with Gasteiger partial charge in [-0.15, -0.1) is 11.6 Å². The lowest BCUT2D eigenvalue weighted by Gasteiger charge is -2.10. The number of unbranched alkanes of at least 4 members (excludes halogenated alkanes) is 2. The largest absolute Gasteiger partial charge is 0.329 e. The van der Waals surface area contributed by atoms with Gasteiger partial charge in [-0.1, -0.05) is 30.2 Å². The van der Waals surface area contributed by atoms with Crippen molar-refractivity contribution in [3.63, 3.8) is 0 Å². The molecule has 0 spiro atoms. The second kappa shape index (κ2) is 7.48. The second-order valence-corrected chi connectivity index (χ2v) is 5.56. The Morgan fingerprint density at radius 2 is 1.81 bits per heavy atom. The monoisotopic (exact) mass is 326 g/mol. The summed E-state index contributed by atoms with van der Waals surface area (Å²) in [6.07, 6.45) is 4.20. The van der Waals surface area contributed by atoms with E-state index in [-0.39, 0.29) is 11.9 Å². The van der Waals surface area contributed by atoms with Crippen molar-refractivity contribution in [3.8, 4) is 0 Å². The van der Waals surface area contributed by atoms with Gasteiger partial charge >= 0.3 is 6.03 Å². The van der Waals surface area contributed by atoms with Crippen molar-refractivity contribution in [1.82, 2.24) is 10.2 Å². The van der Waals surface area contributed by atoms with Crippen LogP contribution in [0.2, 0.25) is 5.02 Å². The SMILES string of the molecule is O=C1NC(=Cc2ccc(Cl)cc2)C(=O)N1CCCCCCl. The van der Waals surface area contributed by atoms with Crippen LogP contribution in [-0.4, -0.2) is 29.3 Å². The molecular weight excluding hydrogens is 311 g/mol. The molecule has 1 aliphatic heterocycles. The van der Waals surface area contributed by atoms with Crippen LogP contribution in [0.5, 0.6) is 0 Å². The van der Waals surface area contributed by atoms with E-state index >= 15 is 0 Å². The Hall–Kier alpha value is -1.52. The predicted molar refractivity (Wildman–Crippen MR) is 84.2 cm³/mol. The first-order valence-electron chi connectivity index (χ1n) is 6.78. The number of amides is 3. The molecule has 0 atom stereocenters. The van der Waals surface area contributed by atoms with Crippen LogP contribution in [0, 0.1) is 0 Å². The Kier molecular flexibility index (Phi) is 5.65. The van der Waals surface area contributed by atoms with Crippen molar-refractivity contribution in [3.05, 3.63) is 40.5 Å². The average Bonchev–Trinajstić information content (AvgIpc) is 2.73. The van der Waals surface area contributed by atoms with Crippen molar-refractivity contribution >= 4 is 41.2 Å². The lowest BCUT2D eigenvalue weighted by molar-refractivity contribution is -0.122. The van der Waals surface area contributed by atoms with Crippen LogP contribution in [-0.2, 0) is 4.79 Å². The van der Waals surface area contributed by atoms with E-state index in [0.29, 0.717) is 23.1 Å². The summed E-state index contributed by atoms with van der Waals surface area (Å²) in [5.74, 6) is 0.308. The maximum atomic E-state index is 12.2. The number of nitrogens with one attached hydrogen (secondary N) is 1. The predicted octanol–water partition coefficient (Wildman–Crippen LogP) is 3.64. The van der Waals surface area contributed by atoms with Gasteiger partial charge in [-0.2, -0.15) is 0 Å². The molecular formula is C15H16Cl2N2O2. The van der Waals surface area contributed by atoms with Crippen LogP contribution >= 0.6 is 23.2 Å². The molecule has 1 saturated heterocycles. The van der Waals surface area contributed by atoms with Gasteiger partial charge in [0, 0.05) is 17.4 Å². The second-order valence-electron chi connectivity index (χ2n) is 4.75. The maximum Gasteiger partial charge on any atom is 0.329 e. The minimum absolute atomic E-state index is 0.291. The number of rotatable bonds is 6. The van der Waals surface area contributed by atoms with E-state index in [1.165, 1.54) is 4.90 Å². The van der Waals surface area contributed by atoms with Crippen LogP contribution in [0.4, 0.5) is 4.79 Å². The minimum Gasteiger partial charge on any atom is -0.303 e. The smallest absolute Gasteiger partial charge is 0.303 e. The highest BCUT2D eigenvalue weighted by atomic mass is 35.5. The number of imide groups is 1. The van der Waals surface area contributed by atoms with Crippen LogP contribution < -0.4 is 5.32 Å². The number of halogens is 2. The highest BCUT2D eigenvalue weighted by Crippen LogP contribution is 2.16. The first-order chi connectivity index (χ1) is 10.1. The van der Waals surface area contributed by atoms with E-state index < -0.39 is 0 Å². The zero-order chi connectivity index (χ0) is 15.2. The molecule has 0 radical (unpaired) electrons. The van der Waals surface area contributed by atoms with E-state index in [9.17, 15) is 9.59 Å².